The monoisotopic (exact) mass is 634 g/mol. The molecule has 0 unspecified atom stereocenters. The molecule has 0 saturated heterocycles. The van der Waals surface area contributed by atoms with Crippen molar-refractivity contribution in [1.82, 2.24) is 16.1 Å². The molecular formula is C29H35ClN4O10. The molecular weight excluding hydrogens is 600 g/mol. The lowest BCUT2D eigenvalue weighted by Crippen LogP contribution is -2.45. The molecule has 1 aliphatic rings. The van der Waals surface area contributed by atoms with Gasteiger partial charge in [-0.1, -0.05) is 17.7 Å². The van der Waals surface area contributed by atoms with Crippen molar-refractivity contribution in [1.29, 1.82) is 0 Å². The number of aliphatic hydroxyl groups is 1. The third kappa shape index (κ3) is 8.91. The highest BCUT2D eigenvalue weighted by Crippen LogP contribution is 2.37. The average Bonchev–Trinajstić information content (AvgIpc) is 2.99. The predicted octanol–water partition coefficient (Wildman–Crippen LogP) is 2.81. The number of hydrogen-bond donors (Lipinski definition) is 4. The molecule has 0 fully saturated rings. The second-order valence-corrected chi connectivity index (χ2v) is 9.45. The highest BCUT2D eigenvalue weighted by Gasteiger charge is 2.32. The Hall–Kier alpha value is -4.69. The van der Waals surface area contributed by atoms with Crippen LogP contribution < -0.4 is 35.0 Å². The van der Waals surface area contributed by atoms with Crippen molar-refractivity contribution in [2.75, 3.05) is 40.6 Å². The van der Waals surface area contributed by atoms with Crippen molar-refractivity contribution >= 4 is 35.8 Å². The predicted molar refractivity (Wildman–Crippen MR) is 159 cm³/mol. The molecule has 3 rings (SSSR count). The standard InChI is InChI=1S/C29H35ClN4O10/c1-6-41-21-12-18(26-25(28(37)40-5)16(3)32-29(38)33-26)8-9-20(21)43-14-23(35)34-31-13-17-10-19(30)27(22(11-17)42-7-2)44-15-24(36)39-4/h8-13,23,26,34-35H,6-7,14-15H2,1-5H3,(H2,32,33,38)/b31-13-/t23-,26+/m1/s1. The van der Waals surface area contributed by atoms with Crippen LogP contribution in [0, 0.1) is 0 Å². The van der Waals surface area contributed by atoms with E-state index in [-0.39, 0.29) is 29.6 Å². The van der Waals surface area contributed by atoms with E-state index in [2.05, 4.69) is 25.9 Å². The molecule has 1 heterocycles. The molecule has 14 nitrogen and oxygen atoms in total. The molecule has 2 amide bonds. The van der Waals surface area contributed by atoms with E-state index in [1.165, 1.54) is 20.4 Å². The molecule has 4 N–H and O–H groups in total. The fraction of sp³-hybridized carbons (Fsp3) is 0.379. The Labute approximate surface area is 259 Å². The second-order valence-electron chi connectivity index (χ2n) is 9.04. The number of methoxy groups -OCH3 is 2. The molecule has 2 aromatic carbocycles. The van der Waals surface area contributed by atoms with E-state index in [4.69, 9.17) is 35.3 Å². The van der Waals surface area contributed by atoms with E-state index in [9.17, 15) is 19.5 Å². The van der Waals surface area contributed by atoms with Crippen molar-refractivity contribution in [2.45, 2.75) is 33.0 Å². The Morgan fingerprint density at radius 2 is 1.77 bits per heavy atom. The fourth-order valence-electron chi connectivity index (χ4n) is 4.08. The summed E-state index contributed by atoms with van der Waals surface area (Å²) in [5, 5.41) is 19.9. The van der Waals surface area contributed by atoms with Crippen LogP contribution in [0.3, 0.4) is 0 Å². The van der Waals surface area contributed by atoms with Gasteiger partial charge in [0.25, 0.3) is 0 Å². The molecule has 0 radical (unpaired) electrons. The van der Waals surface area contributed by atoms with Crippen molar-refractivity contribution in [3.8, 4) is 23.0 Å². The molecule has 2 aromatic rings. The zero-order valence-electron chi connectivity index (χ0n) is 24.9. The quantitative estimate of drug-likeness (QED) is 0.0981. The van der Waals surface area contributed by atoms with Gasteiger partial charge in [0.2, 0.25) is 0 Å². The second kappa shape index (κ2) is 16.2. The highest BCUT2D eigenvalue weighted by molar-refractivity contribution is 6.32. The van der Waals surface area contributed by atoms with Gasteiger partial charge in [-0.25, -0.2) is 14.4 Å². The minimum atomic E-state index is -1.22. The largest absolute Gasteiger partial charge is 0.490 e. The van der Waals surface area contributed by atoms with Crippen LogP contribution in [-0.4, -0.2) is 76.2 Å². The lowest BCUT2D eigenvalue weighted by molar-refractivity contribution is -0.143. The number of nitrogens with one attached hydrogen (secondary N) is 3. The first-order valence-corrected chi connectivity index (χ1v) is 13.9. The summed E-state index contributed by atoms with van der Waals surface area (Å²) in [6.07, 6.45) is 0.189. The number of allylic oxidation sites excluding steroid dienone is 1. The van der Waals surface area contributed by atoms with Crippen molar-refractivity contribution in [2.24, 2.45) is 5.10 Å². The molecule has 0 aliphatic carbocycles. The molecule has 0 bridgehead atoms. The van der Waals surface area contributed by atoms with Gasteiger partial charge in [0, 0.05) is 5.70 Å². The minimum Gasteiger partial charge on any atom is -0.490 e. The first-order valence-electron chi connectivity index (χ1n) is 13.5. The number of aliphatic hydroxyl groups excluding tert-OH is 1. The van der Waals surface area contributed by atoms with Crippen molar-refractivity contribution < 1.29 is 47.9 Å². The van der Waals surface area contributed by atoms with Gasteiger partial charge in [-0.2, -0.15) is 5.10 Å². The summed E-state index contributed by atoms with van der Waals surface area (Å²) in [4.78, 5) is 36.0. The minimum absolute atomic E-state index is 0.184. The van der Waals surface area contributed by atoms with Crippen LogP contribution in [0.25, 0.3) is 0 Å². The van der Waals surface area contributed by atoms with Crippen LogP contribution in [0.2, 0.25) is 5.02 Å². The van der Waals surface area contributed by atoms with Crippen molar-refractivity contribution in [3.05, 3.63) is 57.8 Å². The maximum Gasteiger partial charge on any atom is 0.343 e. The number of esters is 2. The van der Waals surface area contributed by atoms with Crippen molar-refractivity contribution in [3.63, 3.8) is 0 Å². The van der Waals surface area contributed by atoms with E-state index in [0.717, 1.165) is 0 Å². The summed E-state index contributed by atoms with van der Waals surface area (Å²) in [6.45, 7) is 5.26. The third-order valence-electron chi connectivity index (χ3n) is 6.00. The van der Waals surface area contributed by atoms with Crippen LogP contribution in [0.15, 0.2) is 46.7 Å². The van der Waals surface area contributed by atoms with Crippen LogP contribution in [-0.2, 0) is 19.1 Å². The topological polar surface area (TPSA) is 175 Å². The van der Waals surface area contributed by atoms with Gasteiger partial charge in [-0.3, -0.25) is 5.43 Å². The number of carbonyl (C=O) groups is 3. The number of hydrogen-bond acceptors (Lipinski definition) is 12. The van der Waals surface area contributed by atoms with Gasteiger partial charge in [0.15, 0.2) is 35.8 Å². The van der Waals surface area contributed by atoms with Gasteiger partial charge < -0.3 is 44.2 Å². The molecule has 1 aliphatic heterocycles. The van der Waals surface area contributed by atoms with E-state index < -0.39 is 30.2 Å². The maximum absolute atomic E-state index is 12.4. The van der Waals surface area contributed by atoms with Crippen LogP contribution in [0.5, 0.6) is 23.0 Å². The fourth-order valence-corrected chi connectivity index (χ4v) is 4.35. The van der Waals surface area contributed by atoms with Crippen LogP contribution in [0.1, 0.15) is 37.9 Å². The summed E-state index contributed by atoms with van der Waals surface area (Å²) in [6, 6.07) is 6.83. The Morgan fingerprint density at radius 1 is 1.05 bits per heavy atom. The molecule has 0 spiro atoms. The number of urea groups is 1. The number of rotatable bonds is 15. The maximum atomic E-state index is 12.4. The van der Waals surface area contributed by atoms with Gasteiger partial charge >= 0.3 is 18.0 Å². The van der Waals surface area contributed by atoms with E-state index in [0.29, 0.717) is 47.3 Å². The first-order chi connectivity index (χ1) is 21.1. The zero-order valence-corrected chi connectivity index (χ0v) is 25.6. The Balaban J connectivity index is 1.68. The molecule has 238 valence electrons. The smallest absolute Gasteiger partial charge is 0.343 e. The Morgan fingerprint density at radius 3 is 2.45 bits per heavy atom. The number of carbonyl (C=O) groups excluding carboxylic acids is 3. The van der Waals surface area contributed by atoms with E-state index >= 15 is 0 Å². The van der Waals surface area contributed by atoms with E-state index in [1.807, 2.05) is 0 Å². The summed E-state index contributed by atoms with van der Waals surface area (Å²) < 4.78 is 32.0. The molecule has 15 heteroatoms. The molecule has 44 heavy (non-hydrogen) atoms. The normalized spacial score (nSPS) is 15.2. The molecule has 0 saturated carbocycles. The summed E-state index contributed by atoms with van der Waals surface area (Å²) in [7, 11) is 2.51. The number of hydrazone groups is 1. The SMILES string of the molecule is CCOc1cc([C@@H]2NC(=O)NC(C)=C2C(=O)OC)ccc1OC[C@@H](O)N/N=C\c1cc(Cl)c(OCC(=O)OC)c(OCC)c1. The first kappa shape index (κ1) is 33.8. The van der Waals surface area contributed by atoms with E-state index in [1.54, 1.807) is 51.1 Å². The van der Waals surface area contributed by atoms with Crippen LogP contribution >= 0.6 is 11.6 Å². The zero-order chi connectivity index (χ0) is 32.2. The number of halogens is 1. The third-order valence-corrected chi connectivity index (χ3v) is 6.28. The lowest BCUT2D eigenvalue weighted by atomic mass is 9.95. The van der Waals surface area contributed by atoms with Crippen LogP contribution in [0.4, 0.5) is 4.79 Å². The number of benzene rings is 2. The lowest BCUT2D eigenvalue weighted by Gasteiger charge is -2.28. The number of amides is 2. The number of ether oxygens (including phenoxy) is 6. The van der Waals surface area contributed by atoms with Gasteiger partial charge in [-0.15, -0.1) is 0 Å². The van der Waals surface area contributed by atoms with Gasteiger partial charge in [0.1, 0.15) is 6.61 Å². The highest BCUT2D eigenvalue weighted by atomic mass is 35.5. The average molecular weight is 635 g/mol. The Bertz CT molecular complexity index is 1410. The van der Waals surface area contributed by atoms with Gasteiger partial charge in [0.05, 0.1) is 50.3 Å². The Kier molecular flexibility index (Phi) is 12.5. The van der Waals surface area contributed by atoms with Gasteiger partial charge in [-0.05, 0) is 56.2 Å². The summed E-state index contributed by atoms with van der Waals surface area (Å²) in [5.41, 5.74) is 4.26. The summed E-state index contributed by atoms with van der Waals surface area (Å²) >= 11 is 6.33. The molecule has 2 atom stereocenters. The molecule has 0 aromatic heterocycles. The summed E-state index contributed by atoms with van der Waals surface area (Å²) in [5.74, 6) is -0.0284. The number of nitrogens with zero attached hydrogens (tertiary/aromatic N) is 1.